The maximum Gasteiger partial charge on any atom is 0.321 e. The van der Waals surface area contributed by atoms with Gasteiger partial charge in [-0.1, -0.05) is 12.1 Å². The summed E-state index contributed by atoms with van der Waals surface area (Å²) in [5, 5.41) is 5.65. The van der Waals surface area contributed by atoms with E-state index in [4.69, 9.17) is 0 Å². The number of carbonyl (C=O) groups excluding carboxylic acids is 2. The lowest BCUT2D eigenvalue weighted by molar-refractivity contribution is 0.0951. The summed E-state index contributed by atoms with van der Waals surface area (Å²) in [7, 11) is 5.49. The highest BCUT2D eigenvalue weighted by Gasteiger charge is 2.11. The molecule has 0 saturated carbocycles. The van der Waals surface area contributed by atoms with Crippen molar-refractivity contribution in [1.29, 1.82) is 0 Å². The number of rotatable bonds is 7. The first kappa shape index (κ1) is 20.4. The Morgan fingerprint density at radius 2 is 1.70 bits per heavy atom. The van der Waals surface area contributed by atoms with Crippen molar-refractivity contribution in [3.8, 4) is 0 Å². The number of anilines is 1. The number of carbonyl (C=O) groups is 2. The highest BCUT2D eigenvalue weighted by atomic mass is 19.1. The molecule has 0 bridgehead atoms. The van der Waals surface area contributed by atoms with Gasteiger partial charge in [0.1, 0.15) is 5.82 Å². The molecule has 2 aromatic carbocycles. The molecule has 0 radical (unpaired) electrons. The number of nitrogens with one attached hydrogen (secondary N) is 2. The topological polar surface area (TPSA) is 64.7 Å². The second-order valence-electron chi connectivity index (χ2n) is 6.45. The number of hydrogen-bond donors (Lipinski definition) is 2. The van der Waals surface area contributed by atoms with Gasteiger partial charge in [-0.05, 0) is 56.1 Å². The summed E-state index contributed by atoms with van der Waals surface area (Å²) in [4.78, 5) is 27.8. The molecule has 144 valence electrons. The number of urea groups is 1. The van der Waals surface area contributed by atoms with Gasteiger partial charge in [-0.25, -0.2) is 9.18 Å². The second-order valence-corrected chi connectivity index (χ2v) is 6.45. The molecule has 2 rings (SSSR count). The fraction of sp³-hybridized carbons (Fsp3) is 0.300. The molecule has 0 aliphatic carbocycles. The van der Waals surface area contributed by atoms with E-state index in [9.17, 15) is 14.0 Å². The zero-order valence-corrected chi connectivity index (χ0v) is 15.8. The van der Waals surface area contributed by atoms with Crippen molar-refractivity contribution in [2.75, 3.05) is 39.1 Å². The van der Waals surface area contributed by atoms with Crippen LogP contribution in [0.5, 0.6) is 0 Å². The molecule has 0 aliphatic rings. The van der Waals surface area contributed by atoms with Crippen molar-refractivity contribution < 1.29 is 14.0 Å². The van der Waals surface area contributed by atoms with Crippen molar-refractivity contribution >= 4 is 17.6 Å². The van der Waals surface area contributed by atoms with E-state index >= 15 is 0 Å². The summed E-state index contributed by atoms with van der Waals surface area (Å²) in [6.07, 6.45) is 0. The van der Waals surface area contributed by atoms with Crippen molar-refractivity contribution in [2.45, 2.75) is 6.54 Å². The molecular weight excluding hydrogens is 347 g/mol. The van der Waals surface area contributed by atoms with E-state index in [-0.39, 0.29) is 24.3 Å². The zero-order chi connectivity index (χ0) is 19.8. The first-order chi connectivity index (χ1) is 12.9. The summed E-state index contributed by atoms with van der Waals surface area (Å²) < 4.78 is 13.0. The molecule has 2 N–H and O–H groups in total. The molecule has 27 heavy (non-hydrogen) atoms. The smallest absolute Gasteiger partial charge is 0.321 e. The van der Waals surface area contributed by atoms with Crippen LogP contribution in [0.2, 0.25) is 0 Å². The molecular formula is C20H25FN4O2. The minimum Gasteiger partial charge on any atom is -0.351 e. The molecule has 0 atom stereocenters. The molecule has 3 amide bonds. The van der Waals surface area contributed by atoms with E-state index in [0.29, 0.717) is 17.8 Å². The van der Waals surface area contributed by atoms with Crippen LogP contribution in [0.4, 0.5) is 14.9 Å². The third kappa shape index (κ3) is 6.38. The van der Waals surface area contributed by atoms with E-state index in [2.05, 4.69) is 10.6 Å². The molecule has 0 fully saturated rings. The van der Waals surface area contributed by atoms with Crippen molar-refractivity contribution in [3.05, 3.63) is 65.5 Å². The Balaban J connectivity index is 1.90. The molecule has 6 nitrogen and oxygen atoms in total. The average molecular weight is 372 g/mol. The largest absolute Gasteiger partial charge is 0.351 e. The standard InChI is InChI=1S/C20H25FN4O2/c1-24(2)12-11-22-19(26)16-6-4-5-15(13-16)14-23-20(27)25(3)18-9-7-17(21)8-10-18/h4-10,13H,11-12,14H2,1-3H3,(H,22,26)(H,23,27). The molecule has 0 heterocycles. The highest BCUT2D eigenvalue weighted by Crippen LogP contribution is 2.13. The van der Waals surface area contributed by atoms with Crippen molar-refractivity contribution in [3.63, 3.8) is 0 Å². The van der Waals surface area contributed by atoms with Gasteiger partial charge in [0.2, 0.25) is 0 Å². The van der Waals surface area contributed by atoms with Gasteiger partial charge < -0.3 is 15.5 Å². The highest BCUT2D eigenvalue weighted by molar-refractivity contribution is 5.94. The van der Waals surface area contributed by atoms with Gasteiger partial charge in [0.15, 0.2) is 0 Å². The maximum atomic E-state index is 13.0. The third-order valence-corrected chi connectivity index (χ3v) is 4.00. The monoisotopic (exact) mass is 372 g/mol. The van der Waals surface area contributed by atoms with Crippen LogP contribution in [0.3, 0.4) is 0 Å². The number of hydrogen-bond acceptors (Lipinski definition) is 3. The quantitative estimate of drug-likeness (QED) is 0.785. The van der Waals surface area contributed by atoms with Gasteiger partial charge in [0.25, 0.3) is 5.91 Å². The van der Waals surface area contributed by atoms with E-state index < -0.39 is 0 Å². The van der Waals surface area contributed by atoms with Gasteiger partial charge in [-0.2, -0.15) is 0 Å². The Kier molecular flexibility index (Phi) is 7.31. The van der Waals surface area contributed by atoms with E-state index in [0.717, 1.165) is 12.1 Å². The van der Waals surface area contributed by atoms with E-state index in [1.165, 1.54) is 29.2 Å². The van der Waals surface area contributed by atoms with Crippen LogP contribution in [-0.2, 0) is 6.54 Å². The molecule has 0 spiro atoms. The zero-order valence-electron chi connectivity index (χ0n) is 15.8. The predicted octanol–water partition coefficient (Wildman–Crippen LogP) is 2.46. The maximum absolute atomic E-state index is 13.0. The number of amides is 3. The molecule has 2 aromatic rings. The van der Waals surface area contributed by atoms with Crippen LogP contribution >= 0.6 is 0 Å². The van der Waals surface area contributed by atoms with Crippen LogP contribution < -0.4 is 15.5 Å². The van der Waals surface area contributed by atoms with Crippen molar-refractivity contribution in [2.24, 2.45) is 0 Å². The summed E-state index contributed by atoms with van der Waals surface area (Å²) in [5.74, 6) is -0.498. The molecule has 0 saturated heterocycles. The lowest BCUT2D eigenvalue weighted by Gasteiger charge is -2.18. The van der Waals surface area contributed by atoms with Gasteiger partial charge in [0, 0.05) is 37.9 Å². The van der Waals surface area contributed by atoms with Crippen LogP contribution in [-0.4, -0.2) is 51.1 Å². The Labute approximate surface area is 159 Å². The SMILES string of the molecule is CN(C)CCNC(=O)c1cccc(CNC(=O)N(C)c2ccc(F)cc2)c1. The molecule has 0 aromatic heterocycles. The lowest BCUT2D eigenvalue weighted by Crippen LogP contribution is -2.36. The summed E-state index contributed by atoms with van der Waals surface area (Å²) >= 11 is 0. The van der Waals surface area contributed by atoms with Gasteiger partial charge >= 0.3 is 6.03 Å². The molecule has 7 heteroatoms. The number of benzene rings is 2. The number of nitrogens with zero attached hydrogens (tertiary/aromatic N) is 2. The Bertz CT molecular complexity index is 778. The fourth-order valence-corrected chi connectivity index (χ4v) is 2.40. The Hall–Kier alpha value is -2.93. The minimum absolute atomic E-state index is 0.145. The summed E-state index contributed by atoms with van der Waals surface area (Å²) in [6, 6.07) is 12.5. The second kappa shape index (κ2) is 9.68. The van der Waals surface area contributed by atoms with Crippen LogP contribution in [0.25, 0.3) is 0 Å². The number of likely N-dealkylation sites (N-methyl/N-ethyl adjacent to an activating group) is 1. The van der Waals surface area contributed by atoms with Crippen LogP contribution in [0, 0.1) is 5.82 Å². The average Bonchev–Trinajstić information content (AvgIpc) is 2.66. The van der Waals surface area contributed by atoms with Crippen LogP contribution in [0.1, 0.15) is 15.9 Å². The van der Waals surface area contributed by atoms with E-state index in [1.54, 1.807) is 25.2 Å². The Morgan fingerprint density at radius 1 is 1.00 bits per heavy atom. The van der Waals surface area contributed by atoms with E-state index in [1.807, 2.05) is 25.1 Å². The van der Waals surface area contributed by atoms with Gasteiger partial charge in [-0.3, -0.25) is 9.69 Å². The third-order valence-electron chi connectivity index (χ3n) is 4.00. The summed E-state index contributed by atoms with van der Waals surface area (Å²) in [5.41, 5.74) is 1.95. The first-order valence-corrected chi connectivity index (χ1v) is 8.66. The normalized spacial score (nSPS) is 10.6. The molecule has 0 aliphatic heterocycles. The Morgan fingerprint density at radius 3 is 2.37 bits per heavy atom. The molecule has 0 unspecified atom stereocenters. The fourth-order valence-electron chi connectivity index (χ4n) is 2.40. The van der Waals surface area contributed by atoms with Gasteiger partial charge in [0.05, 0.1) is 0 Å². The lowest BCUT2D eigenvalue weighted by atomic mass is 10.1. The van der Waals surface area contributed by atoms with Gasteiger partial charge in [-0.15, -0.1) is 0 Å². The number of halogens is 1. The predicted molar refractivity (Wildman–Crippen MR) is 104 cm³/mol. The van der Waals surface area contributed by atoms with Crippen molar-refractivity contribution in [1.82, 2.24) is 15.5 Å². The summed E-state index contributed by atoms with van der Waals surface area (Å²) in [6.45, 7) is 1.61. The first-order valence-electron chi connectivity index (χ1n) is 8.66. The van der Waals surface area contributed by atoms with Crippen LogP contribution in [0.15, 0.2) is 48.5 Å². The minimum atomic E-state index is -0.353.